The highest BCUT2D eigenvalue weighted by atomic mass is 16.5. The lowest BCUT2D eigenvalue weighted by Crippen LogP contribution is -2.49. The molecule has 3 aliphatic rings. The Labute approximate surface area is 149 Å². The zero-order valence-corrected chi connectivity index (χ0v) is 14.1. The Morgan fingerprint density at radius 1 is 1.35 bits per heavy atom. The third kappa shape index (κ3) is 1.96. The lowest BCUT2D eigenvalue weighted by molar-refractivity contribution is -0.138. The SMILES string of the molecule is Nc1cc(C(=O)N2CC[C@@]34OC[C@@H](c5ccccc5)N3C(=O)C[C@@H]24)[nH]n1. The van der Waals surface area contributed by atoms with Gasteiger partial charge in [0.05, 0.1) is 25.1 Å². The Balaban J connectivity index is 1.47. The third-order valence-corrected chi connectivity index (χ3v) is 5.73. The van der Waals surface area contributed by atoms with Crippen LogP contribution in [0.3, 0.4) is 0 Å². The molecule has 8 nitrogen and oxygen atoms in total. The van der Waals surface area contributed by atoms with Crippen LogP contribution in [0.4, 0.5) is 5.82 Å². The van der Waals surface area contributed by atoms with Gasteiger partial charge in [-0.2, -0.15) is 5.10 Å². The Morgan fingerprint density at radius 3 is 2.88 bits per heavy atom. The minimum absolute atomic E-state index is 0.0305. The van der Waals surface area contributed by atoms with Crippen LogP contribution < -0.4 is 5.73 Å². The standard InChI is InChI=1S/C18H19N5O3/c19-15-8-12(20-21-15)17(25)22-7-6-18-14(22)9-16(24)23(18)13(10-26-18)11-4-2-1-3-5-11/h1-5,8,13-14H,6-7,9-10H2,(H3,19,20,21)/t13-,14+,18-/m0/s1. The average molecular weight is 353 g/mol. The lowest BCUT2D eigenvalue weighted by atomic mass is 10.0. The zero-order chi connectivity index (χ0) is 17.9. The second-order valence-electron chi connectivity index (χ2n) is 7.02. The number of nitrogens with one attached hydrogen (secondary N) is 1. The first-order valence-electron chi connectivity index (χ1n) is 8.73. The number of likely N-dealkylation sites (tertiary alicyclic amines) is 1. The van der Waals surface area contributed by atoms with Gasteiger partial charge in [-0.15, -0.1) is 0 Å². The van der Waals surface area contributed by atoms with Crippen LogP contribution in [-0.2, 0) is 9.53 Å². The number of nitrogen functional groups attached to an aromatic ring is 1. The maximum Gasteiger partial charge on any atom is 0.272 e. The molecule has 3 N–H and O–H groups in total. The zero-order valence-electron chi connectivity index (χ0n) is 14.1. The molecule has 8 heteroatoms. The minimum atomic E-state index is -0.723. The number of benzene rings is 1. The fourth-order valence-corrected chi connectivity index (χ4v) is 4.61. The average Bonchev–Trinajstić information content (AvgIpc) is 3.38. The highest BCUT2D eigenvalue weighted by molar-refractivity contribution is 5.94. The van der Waals surface area contributed by atoms with E-state index in [0.717, 1.165) is 5.56 Å². The monoisotopic (exact) mass is 353 g/mol. The second kappa shape index (κ2) is 5.31. The molecule has 1 aromatic heterocycles. The summed E-state index contributed by atoms with van der Waals surface area (Å²) in [6.07, 6.45) is 0.890. The van der Waals surface area contributed by atoms with Crippen molar-refractivity contribution in [3.63, 3.8) is 0 Å². The number of hydrogen-bond donors (Lipinski definition) is 2. The highest BCUT2D eigenvalue weighted by Crippen LogP contribution is 2.51. The van der Waals surface area contributed by atoms with E-state index >= 15 is 0 Å². The van der Waals surface area contributed by atoms with Crippen LogP contribution in [-0.4, -0.2) is 56.7 Å². The molecule has 134 valence electrons. The summed E-state index contributed by atoms with van der Waals surface area (Å²) in [5.74, 6) is 0.105. The summed E-state index contributed by atoms with van der Waals surface area (Å²) in [5.41, 5.74) is 6.28. The van der Waals surface area contributed by atoms with Crippen molar-refractivity contribution in [2.75, 3.05) is 18.9 Å². The van der Waals surface area contributed by atoms with Crippen LogP contribution in [0, 0.1) is 0 Å². The molecule has 1 spiro atoms. The molecule has 0 aliphatic carbocycles. The lowest BCUT2D eigenvalue weighted by Gasteiger charge is -2.33. The van der Waals surface area contributed by atoms with E-state index in [9.17, 15) is 9.59 Å². The molecule has 5 rings (SSSR count). The van der Waals surface area contributed by atoms with E-state index in [4.69, 9.17) is 10.5 Å². The largest absolute Gasteiger partial charge is 0.382 e. The summed E-state index contributed by atoms with van der Waals surface area (Å²) in [7, 11) is 0. The number of nitrogens with zero attached hydrogens (tertiary/aromatic N) is 3. The van der Waals surface area contributed by atoms with Gasteiger partial charge >= 0.3 is 0 Å². The summed E-state index contributed by atoms with van der Waals surface area (Å²) < 4.78 is 6.21. The number of nitrogens with two attached hydrogens (primary N) is 1. The van der Waals surface area contributed by atoms with Gasteiger partial charge in [0.1, 0.15) is 11.5 Å². The van der Waals surface area contributed by atoms with Gasteiger partial charge < -0.3 is 20.3 Å². The summed E-state index contributed by atoms with van der Waals surface area (Å²) in [4.78, 5) is 29.3. The summed E-state index contributed by atoms with van der Waals surface area (Å²) in [6, 6.07) is 11.0. The van der Waals surface area contributed by atoms with E-state index in [0.29, 0.717) is 25.3 Å². The van der Waals surface area contributed by atoms with Crippen LogP contribution >= 0.6 is 0 Å². The predicted molar refractivity (Wildman–Crippen MR) is 91.8 cm³/mol. The fraction of sp³-hybridized carbons (Fsp3) is 0.389. The number of hydrogen-bond acceptors (Lipinski definition) is 5. The first-order valence-corrected chi connectivity index (χ1v) is 8.73. The normalized spacial score (nSPS) is 29.9. The molecule has 26 heavy (non-hydrogen) atoms. The number of rotatable bonds is 2. The van der Waals surface area contributed by atoms with E-state index in [-0.39, 0.29) is 36.1 Å². The number of aromatic amines is 1. The Bertz CT molecular complexity index is 882. The smallest absolute Gasteiger partial charge is 0.272 e. The van der Waals surface area contributed by atoms with E-state index in [1.165, 1.54) is 6.07 Å². The Kier molecular flexibility index (Phi) is 3.14. The topological polar surface area (TPSA) is 105 Å². The van der Waals surface area contributed by atoms with E-state index in [1.807, 2.05) is 35.2 Å². The molecule has 3 aliphatic heterocycles. The van der Waals surface area contributed by atoms with Gasteiger partial charge in [0.2, 0.25) is 5.91 Å². The molecule has 0 unspecified atom stereocenters. The molecule has 3 atom stereocenters. The van der Waals surface area contributed by atoms with E-state index in [2.05, 4.69) is 10.2 Å². The number of amides is 2. The van der Waals surface area contributed by atoms with Gasteiger partial charge in [-0.25, -0.2) is 0 Å². The summed E-state index contributed by atoms with van der Waals surface area (Å²) in [5, 5.41) is 6.48. The number of anilines is 1. The first-order chi connectivity index (χ1) is 12.6. The van der Waals surface area contributed by atoms with Crippen LogP contribution in [0.25, 0.3) is 0 Å². The number of carbonyl (C=O) groups excluding carboxylic acids is 2. The molecule has 3 fully saturated rings. The Morgan fingerprint density at radius 2 is 2.15 bits per heavy atom. The summed E-state index contributed by atoms with van der Waals surface area (Å²) in [6.45, 7) is 0.985. The molecule has 2 aromatic rings. The van der Waals surface area contributed by atoms with Crippen molar-refractivity contribution in [3.8, 4) is 0 Å². The molecule has 0 saturated carbocycles. The Hall–Kier alpha value is -2.87. The molecule has 3 saturated heterocycles. The quantitative estimate of drug-likeness (QED) is 0.835. The van der Waals surface area contributed by atoms with Crippen molar-refractivity contribution in [2.24, 2.45) is 0 Å². The van der Waals surface area contributed by atoms with Crippen LogP contribution in [0.2, 0.25) is 0 Å². The van der Waals surface area contributed by atoms with Crippen LogP contribution in [0.5, 0.6) is 0 Å². The van der Waals surface area contributed by atoms with Crippen molar-refractivity contribution in [1.29, 1.82) is 0 Å². The van der Waals surface area contributed by atoms with Crippen LogP contribution in [0.1, 0.15) is 34.9 Å². The van der Waals surface area contributed by atoms with E-state index < -0.39 is 5.72 Å². The molecule has 4 heterocycles. The second-order valence-corrected chi connectivity index (χ2v) is 7.02. The minimum Gasteiger partial charge on any atom is -0.382 e. The van der Waals surface area contributed by atoms with Gasteiger partial charge in [-0.1, -0.05) is 30.3 Å². The van der Waals surface area contributed by atoms with Crippen molar-refractivity contribution in [2.45, 2.75) is 30.7 Å². The fourth-order valence-electron chi connectivity index (χ4n) is 4.61. The number of H-pyrrole nitrogens is 1. The van der Waals surface area contributed by atoms with Gasteiger partial charge in [-0.3, -0.25) is 14.7 Å². The molecule has 1 aromatic carbocycles. The molecular weight excluding hydrogens is 334 g/mol. The maximum absolute atomic E-state index is 12.9. The van der Waals surface area contributed by atoms with Gasteiger partial charge in [0, 0.05) is 19.0 Å². The van der Waals surface area contributed by atoms with Crippen molar-refractivity contribution >= 4 is 17.6 Å². The van der Waals surface area contributed by atoms with Crippen molar-refractivity contribution in [1.82, 2.24) is 20.0 Å². The van der Waals surface area contributed by atoms with Crippen LogP contribution in [0.15, 0.2) is 36.4 Å². The van der Waals surface area contributed by atoms with Gasteiger partial charge in [-0.05, 0) is 5.56 Å². The predicted octanol–water partition coefficient (Wildman–Crippen LogP) is 0.906. The molecule has 0 bridgehead atoms. The third-order valence-electron chi connectivity index (χ3n) is 5.73. The first kappa shape index (κ1) is 15.4. The van der Waals surface area contributed by atoms with Crippen molar-refractivity contribution in [3.05, 3.63) is 47.7 Å². The van der Waals surface area contributed by atoms with E-state index in [1.54, 1.807) is 4.90 Å². The van der Waals surface area contributed by atoms with Gasteiger partial charge in [0.15, 0.2) is 5.72 Å². The number of aromatic nitrogens is 2. The molecule has 2 amide bonds. The van der Waals surface area contributed by atoms with Crippen molar-refractivity contribution < 1.29 is 14.3 Å². The number of ether oxygens (including phenoxy) is 1. The summed E-state index contributed by atoms with van der Waals surface area (Å²) >= 11 is 0. The maximum atomic E-state index is 12.9. The molecule has 0 radical (unpaired) electrons. The number of carbonyl (C=O) groups is 2. The highest BCUT2D eigenvalue weighted by Gasteiger charge is 2.65. The van der Waals surface area contributed by atoms with Gasteiger partial charge in [0.25, 0.3) is 5.91 Å². The molecular formula is C18H19N5O3.